The molecule has 0 aromatic heterocycles. The zero-order valence-corrected chi connectivity index (χ0v) is 13.6. The first-order valence-corrected chi connectivity index (χ1v) is 8.57. The summed E-state index contributed by atoms with van der Waals surface area (Å²) in [4.78, 5) is 30.1. The molecule has 0 atom stereocenters. The molecule has 0 spiro atoms. The molecule has 0 bridgehead atoms. The van der Waals surface area contributed by atoms with E-state index in [-0.39, 0.29) is 5.91 Å². The van der Waals surface area contributed by atoms with Crippen LogP contribution in [0.5, 0.6) is 0 Å². The average molecular weight is 313 g/mol. The molecule has 5 nitrogen and oxygen atoms in total. The van der Waals surface area contributed by atoms with Crippen molar-refractivity contribution in [2.45, 2.75) is 25.7 Å². The standard InChI is InChI=1S/C18H23N3O2/c1-19-16-6-5-15(12-14(16)4-7-17(19)22)20-8-10-21(11-9-20)18(23)13-2-3-13/h5-6,12-13H,2-4,7-11H2,1H3. The molecular formula is C18H23N3O2. The number of piperazine rings is 1. The topological polar surface area (TPSA) is 43.9 Å². The molecule has 1 saturated heterocycles. The van der Waals surface area contributed by atoms with Gasteiger partial charge in [-0.1, -0.05) is 0 Å². The SMILES string of the molecule is CN1C(=O)CCc2cc(N3CCN(C(=O)C4CC4)CC3)ccc21. The molecule has 23 heavy (non-hydrogen) atoms. The molecule has 2 aliphatic heterocycles. The van der Waals surface area contributed by atoms with E-state index in [2.05, 4.69) is 23.1 Å². The second-order valence-electron chi connectivity index (χ2n) is 6.85. The van der Waals surface area contributed by atoms with Crippen LogP contribution in [0.25, 0.3) is 0 Å². The van der Waals surface area contributed by atoms with E-state index in [1.165, 1.54) is 11.3 Å². The predicted molar refractivity (Wildman–Crippen MR) is 89.7 cm³/mol. The van der Waals surface area contributed by atoms with Gasteiger partial charge >= 0.3 is 0 Å². The number of amides is 2. The zero-order valence-electron chi connectivity index (χ0n) is 13.6. The van der Waals surface area contributed by atoms with Gasteiger partial charge in [-0.2, -0.15) is 0 Å². The summed E-state index contributed by atoms with van der Waals surface area (Å²) in [6.07, 6.45) is 3.58. The van der Waals surface area contributed by atoms with Crippen molar-refractivity contribution in [1.29, 1.82) is 0 Å². The van der Waals surface area contributed by atoms with Crippen molar-refractivity contribution in [2.75, 3.05) is 43.0 Å². The van der Waals surface area contributed by atoms with Crippen LogP contribution in [0, 0.1) is 5.92 Å². The van der Waals surface area contributed by atoms with Crippen LogP contribution < -0.4 is 9.80 Å². The fourth-order valence-electron chi connectivity index (χ4n) is 3.61. The monoisotopic (exact) mass is 313 g/mol. The summed E-state index contributed by atoms with van der Waals surface area (Å²) in [5, 5.41) is 0. The molecule has 122 valence electrons. The second-order valence-corrected chi connectivity index (χ2v) is 6.85. The summed E-state index contributed by atoms with van der Waals surface area (Å²) in [5.74, 6) is 0.867. The molecule has 2 amide bonds. The van der Waals surface area contributed by atoms with E-state index in [0.29, 0.717) is 18.2 Å². The van der Waals surface area contributed by atoms with Crippen LogP contribution in [0.3, 0.4) is 0 Å². The van der Waals surface area contributed by atoms with Crippen LogP contribution in [0.15, 0.2) is 18.2 Å². The third-order valence-electron chi connectivity index (χ3n) is 5.29. The fraction of sp³-hybridized carbons (Fsp3) is 0.556. The Bertz CT molecular complexity index is 646. The number of nitrogens with zero attached hydrogens (tertiary/aromatic N) is 3. The highest BCUT2D eigenvalue weighted by atomic mass is 16.2. The third-order valence-corrected chi connectivity index (χ3v) is 5.29. The zero-order chi connectivity index (χ0) is 16.0. The molecule has 1 aromatic carbocycles. The highest BCUT2D eigenvalue weighted by Crippen LogP contribution is 2.33. The van der Waals surface area contributed by atoms with Crippen molar-refractivity contribution in [3.63, 3.8) is 0 Å². The molecule has 1 saturated carbocycles. The first-order valence-electron chi connectivity index (χ1n) is 8.57. The second kappa shape index (κ2) is 5.55. The Kier molecular flexibility index (Phi) is 3.51. The molecule has 0 N–H and O–H groups in total. The van der Waals surface area contributed by atoms with Crippen molar-refractivity contribution in [2.24, 2.45) is 5.92 Å². The minimum Gasteiger partial charge on any atom is -0.368 e. The largest absolute Gasteiger partial charge is 0.368 e. The van der Waals surface area contributed by atoms with Crippen LogP contribution >= 0.6 is 0 Å². The normalized spacial score (nSPS) is 21.4. The predicted octanol–water partition coefficient (Wildman–Crippen LogP) is 1.65. The molecule has 2 heterocycles. The Morgan fingerprint density at radius 3 is 2.52 bits per heavy atom. The Hall–Kier alpha value is -2.04. The van der Waals surface area contributed by atoms with Gasteiger partial charge in [0, 0.05) is 56.9 Å². The highest BCUT2D eigenvalue weighted by Gasteiger charge is 2.34. The van der Waals surface area contributed by atoms with Crippen LogP contribution in [-0.4, -0.2) is 49.9 Å². The molecule has 2 fully saturated rings. The van der Waals surface area contributed by atoms with E-state index in [4.69, 9.17) is 0 Å². The van der Waals surface area contributed by atoms with Crippen molar-refractivity contribution < 1.29 is 9.59 Å². The van der Waals surface area contributed by atoms with Gasteiger partial charge in [-0.15, -0.1) is 0 Å². The maximum absolute atomic E-state index is 12.1. The molecule has 0 unspecified atom stereocenters. The van der Waals surface area contributed by atoms with Gasteiger partial charge in [0.2, 0.25) is 11.8 Å². The van der Waals surface area contributed by atoms with Gasteiger partial charge in [-0.3, -0.25) is 9.59 Å². The van der Waals surface area contributed by atoms with Crippen LogP contribution in [0.1, 0.15) is 24.8 Å². The maximum Gasteiger partial charge on any atom is 0.227 e. The van der Waals surface area contributed by atoms with Crippen molar-refractivity contribution in [3.8, 4) is 0 Å². The average Bonchev–Trinajstić information content (AvgIpc) is 3.42. The van der Waals surface area contributed by atoms with E-state index in [9.17, 15) is 9.59 Å². The summed E-state index contributed by atoms with van der Waals surface area (Å²) in [7, 11) is 1.85. The van der Waals surface area contributed by atoms with E-state index in [1.54, 1.807) is 4.90 Å². The fourth-order valence-corrected chi connectivity index (χ4v) is 3.61. The Balaban J connectivity index is 1.45. The first kappa shape index (κ1) is 14.5. The summed E-state index contributed by atoms with van der Waals surface area (Å²) >= 11 is 0. The number of aryl methyl sites for hydroxylation is 1. The number of hydrogen-bond donors (Lipinski definition) is 0. The third kappa shape index (κ3) is 2.69. The Morgan fingerprint density at radius 1 is 1.09 bits per heavy atom. The summed E-state index contributed by atoms with van der Waals surface area (Å²) in [6.45, 7) is 3.44. The lowest BCUT2D eigenvalue weighted by atomic mass is 10.0. The molecule has 1 aliphatic carbocycles. The summed E-state index contributed by atoms with van der Waals surface area (Å²) in [6, 6.07) is 6.38. The van der Waals surface area contributed by atoms with Gasteiger partial charge in [0.15, 0.2) is 0 Å². The molecule has 1 aromatic rings. The lowest BCUT2D eigenvalue weighted by Gasteiger charge is -2.37. The van der Waals surface area contributed by atoms with Crippen molar-refractivity contribution in [1.82, 2.24) is 4.90 Å². The molecule has 0 radical (unpaired) electrons. The van der Waals surface area contributed by atoms with Gasteiger partial charge in [0.05, 0.1) is 0 Å². The Labute approximate surface area is 136 Å². The number of benzene rings is 1. The number of hydrogen-bond acceptors (Lipinski definition) is 3. The lowest BCUT2D eigenvalue weighted by molar-refractivity contribution is -0.132. The van der Waals surface area contributed by atoms with Crippen LogP contribution in [-0.2, 0) is 16.0 Å². The molecule has 4 rings (SSSR count). The smallest absolute Gasteiger partial charge is 0.227 e. The molecular weight excluding hydrogens is 290 g/mol. The van der Waals surface area contributed by atoms with Gasteiger partial charge in [0.25, 0.3) is 0 Å². The first-order chi connectivity index (χ1) is 11.1. The minimum absolute atomic E-state index is 0.192. The van der Waals surface area contributed by atoms with E-state index in [0.717, 1.165) is 51.1 Å². The van der Waals surface area contributed by atoms with Crippen LogP contribution in [0.2, 0.25) is 0 Å². The number of fused-ring (bicyclic) bond motifs is 1. The van der Waals surface area contributed by atoms with Crippen molar-refractivity contribution >= 4 is 23.2 Å². The molecule has 5 heteroatoms. The summed E-state index contributed by atoms with van der Waals surface area (Å²) in [5.41, 5.74) is 3.50. The van der Waals surface area contributed by atoms with Gasteiger partial charge in [0.1, 0.15) is 0 Å². The van der Waals surface area contributed by atoms with E-state index < -0.39 is 0 Å². The summed E-state index contributed by atoms with van der Waals surface area (Å²) < 4.78 is 0. The Morgan fingerprint density at radius 2 is 1.83 bits per heavy atom. The van der Waals surface area contributed by atoms with E-state index >= 15 is 0 Å². The van der Waals surface area contributed by atoms with Gasteiger partial charge < -0.3 is 14.7 Å². The quantitative estimate of drug-likeness (QED) is 0.834. The highest BCUT2D eigenvalue weighted by molar-refractivity contribution is 5.96. The number of carbonyl (C=O) groups is 2. The van der Waals surface area contributed by atoms with Crippen LogP contribution in [0.4, 0.5) is 11.4 Å². The molecule has 3 aliphatic rings. The van der Waals surface area contributed by atoms with E-state index in [1.807, 2.05) is 11.9 Å². The van der Waals surface area contributed by atoms with Crippen molar-refractivity contribution in [3.05, 3.63) is 23.8 Å². The number of rotatable bonds is 2. The number of anilines is 2. The lowest BCUT2D eigenvalue weighted by Crippen LogP contribution is -2.49. The minimum atomic E-state index is 0.192. The van der Waals surface area contributed by atoms with Gasteiger partial charge in [-0.25, -0.2) is 0 Å². The maximum atomic E-state index is 12.1. The number of carbonyl (C=O) groups excluding carboxylic acids is 2. The van der Waals surface area contributed by atoms with Gasteiger partial charge in [-0.05, 0) is 43.0 Å².